The number of amidine groups is 1. The minimum atomic E-state index is 0.386. The van der Waals surface area contributed by atoms with Crippen LogP contribution in [0.2, 0.25) is 0 Å². The summed E-state index contributed by atoms with van der Waals surface area (Å²) in [5, 5.41) is 7.13. The topological polar surface area (TPSA) is 37.3 Å². The molecule has 2 rings (SSSR count). The van der Waals surface area contributed by atoms with E-state index in [0.717, 1.165) is 24.0 Å². The molecule has 1 aromatic heterocycles. The number of nitrogens with one attached hydrogen (secondary N) is 1. The van der Waals surface area contributed by atoms with Crippen LogP contribution in [0.3, 0.4) is 0 Å². The summed E-state index contributed by atoms with van der Waals surface area (Å²) in [5.41, 5.74) is 3.35. The molecule has 1 aliphatic heterocycles. The third-order valence-corrected chi connectivity index (χ3v) is 4.24. The molecule has 1 N–H and O–H groups in total. The SMILES string of the molecule is CC(C)(C)CC1CN=C(NCc2cscn2)S1. The van der Waals surface area contributed by atoms with E-state index >= 15 is 0 Å². The zero-order chi connectivity index (χ0) is 12.3. The number of hydrogen-bond acceptors (Lipinski definition) is 5. The van der Waals surface area contributed by atoms with E-state index in [0.29, 0.717) is 10.7 Å². The number of aliphatic imine (C=N–C) groups is 1. The average molecular weight is 269 g/mol. The fraction of sp³-hybridized carbons (Fsp3) is 0.667. The molecule has 1 aliphatic rings. The number of nitrogens with zero attached hydrogens (tertiary/aromatic N) is 2. The maximum Gasteiger partial charge on any atom is 0.157 e. The van der Waals surface area contributed by atoms with Crippen LogP contribution in [0.5, 0.6) is 0 Å². The maximum atomic E-state index is 4.54. The molecule has 0 fully saturated rings. The van der Waals surface area contributed by atoms with E-state index in [2.05, 4.69) is 41.4 Å². The van der Waals surface area contributed by atoms with Crippen LogP contribution in [-0.2, 0) is 6.54 Å². The number of thiazole rings is 1. The van der Waals surface area contributed by atoms with Crippen molar-refractivity contribution in [3.05, 3.63) is 16.6 Å². The van der Waals surface area contributed by atoms with E-state index in [9.17, 15) is 0 Å². The van der Waals surface area contributed by atoms with Gasteiger partial charge in [0.2, 0.25) is 0 Å². The lowest BCUT2D eigenvalue weighted by Gasteiger charge is -2.21. The Morgan fingerprint density at radius 2 is 2.29 bits per heavy atom. The first-order valence-corrected chi connectivity index (χ1v) is 7.67. The molecule has 0 saturated carbocycles. The molecule has 1 unspecified atom stereocenters. The second-order valence-electron chi connectivity index (χ2n) is 5.48. The molecular weight excluding hydrogens is 250 g/mol. The van der Waals surface area contributed by atoms with Gasteiger partial charge in [0.25, 0.3) is 0 Å². The minimum Gasteiger partial charge on any atom is -0.359 e. The van der Waals surface area contributed by atoms with Gasteiger partial charge < -0.3 is 5.32 Å². The van der Waals surface area contributed by atoms with Crippen LogP contribution in [-0.4, -0.2) is 21.9 Å². The number of hydrogen-bond donors (Lipinski definition) is 1. The Balaban J connectivity index is 1.74. The Morgan fingerprint density at radius 3 is 2.94 bits per heavy atom. The van der Waals surface area contributed by atoms with Crippen molar-refractivity contribution in [2.75, 3.05) is 6.54 Å². The summed E-state index contributed by atoms with van der Waals surface area (Å²) in [4.78, 5) is 8.79. The largest absolute Gasteiger partial charge is 0.359 e. The first kappa shape index (κ1) is 12.9. The Labute approximate surface area is 111 Å². The van der Waals surface area contributed by atoms with Crippen molar-refractivity contribution in [2.24, 2.45) is 10.4 Å². The van der Waals surface area contributed by atoms with Crippen LogP contribution >= 0.6 is 23.1 Å². The molecule has 0 saturated heterocycles. The van der Waals surface area contributed by atoms with Gasteiger partial charge in [-0.1, -0.05) is 32.5 Å². The normalized spacial score (nSPS) is 20.4. The standard InChI is InChI=1S/C12H19N3S2/c1-12(2,3)4-10-6-14-11(17-10)13-5-9-7-16-8-15-9/h7-8,10H,4-6H2,1-3H3,(H,13,14). The molecule has 0 spiro atoms. The molecule has 5 heteroatoms. The van der Waals surface area contributed by atoms with E-state index in [1.54, 1.807) is 11.3 Å². The lowest BCUT2D eigenvalue weighted by atomic mass is 9.90. The number of rotatable bonds is 3. The van der Waals surface area contributed by atoms with E-state index < -0.39 is 0 Å². The van der Waals surface area contributed by atoms with E-state index in [1.165, 1.54) is 6.42 Å². The summed E-state index contributed by atoms with van der Waals surface area (Å²) in [7, 11) is 0. The Bertz CT molecular complexity index is 379. The summed E-state index contributed by atoms with van der Waals surface area (Å²) in [5.74, 6) is 0. The summed E-state index contributed by atoms with van der Waals surface area (Å²) in [6.45, 7) is 8.59. The van der Waals surface area contributed by atoms with Gasteiger partial charge in [-0.25, -0.2) is 4.98 Å². The van der Waals surface area contributed by atoms with Crippen LogP contribution in [0.15, 0.2) is 15.9 Å². The zero-order valence-corrected chi connectivity index (χ0v) is 12.2. The predicted octanol–water partition coefficient (Wildman–Crippen LogP) is 3.14. The van der Waals surface area contributed by atoms with E-state index in [-0.39, 0.29) is 0 Å². The lowest BCUT2D eigenvalue weighted by molar-refractivity contribution is 0.375. The molecule has 17 heavy (non-hydrogen) atoms. The summed E-state index contributed by atoms with van der Waals surface area (Å²) < 4.78 is 0. The second kappa shape index (κ2) is 5.40. The van der Waals surface area contributed by atoms with Crippen LogP contribution in [0.1, 0.15) is 32.9 Å². The van der Waals surface area contributed by atoms with E-state index in [1.807, 2.05) is 17.3 Å². The van der Waals surface area contributed by atoms with E-state index in [4.69, 9.17) is 0 Å². The maximum absolute atomic E-state index is 4.54. The first-order chi connectivity index (χ1) is 8.03. The quantitative estimate of drug-likeness (QED) is 0.916. The molecule has 0 bridgehead atoms. The summed E-state index contributed by atoms with van der Waals surface area (Å²) >= 11 is 3.51. The fourth-order valence-electron chi connectivity index (χ4n) is 1.79. The van der Waals surface area contributed by atoms with Gasteiger partial charge in [0.15, 0.2) is 5.17 Å². The minimum absolute atomic E-state index is 0.386. The fourth-order valence-corrected chi connectivity index (χ4v) is 3.71. The lowest BCUT2D eigenvalue weighted by Crippen LogP contribution is -2.20. The highest BCUT2D eigenvalue weighted by atomic mass is 32.2. The van der Waals surface area contributed by atoms with Gasteiger partial charge >= 0.3 is 0 Å². The molecule has 94 valence electrons. The van der Waals surface area contributed by atoms with Gasteiger partial charge in [0.05, 0.1) is 24.3 Å². The van der Waals surface area contributed by atoms with Gasteiger partial charge in [-0.2, -0.15) is 0 Å². The van der Waals surface area contributed by atoms with Crippen LogP contribution in [0.25, 0.3) is 0 Å². The highest BCUT2D eigenvalue weighted by Gasteiger charge is 2.24. The highest BCUT2D eigenvalue weighted by molar-refractivity contribution is 8.14. The molecule has 2 heterocycles. The summed E-state index contributed by atoms with van der Waals surface area (Å²) in [6, 6.07) is 0. The zero-order valence-electron chi connectivity index (χ0n) is 10.6. The Morgan fingerprint density at radius 1 is 1.47 bits per heavy atom. The van der Waals surface area contributed by atoms with Crippen molar-refractivity contribution < 1.29 is 0 Å². The van der Waals surface area contributed by atoms with Crippen LogP contribution in [0, 0.1) is 5.41 Å². The van der Waals surface area contributed by atoms with Crippen molar-refractivity contribution in [3.8, 4) is 0 Å². The third-order valence-electron chi connectivity index (χ3n) is 2.46. The van der Waals surface area contributed by atoms with Crippen molar-refractivity contribution >= 4 is 28.3 Å². The van der Waals surface area contributed by atoms with Crippen molar-refractivity contribution in [1.29, 1.82) is 0 Å². The molecule has 0 amide bonds. The Hall–Kier alpha value is -0.550. The molecular formula is C12H19N3S2. The van der Waals surface area contributed by atoms with Crippen molar-refractivity contribution in [2.45, 2.75) is 39.0 Å². The number of aromatic nitrogens is 1. The van der Waals surface area contributed by atoms with Crippen molar-refractivity contribution in [1.82, 2.24) is 10.3 Å². The van der Waals surface area contributed by atoms with Gasteiger partial charge in [-0.15, -0.1) is 11.3 Å². The molecule has 0 aromatic carbocycles. The monoisotopic (exact) mass is 269 g/mol. The van der Waals surface area contributed by atoms with Crippen LogP contribution < -0.4 is 5.32 Å². The average Bonchev–Trinajstić information content (AvgIpc) is 2.82. The molecule has 0 aliphatic carbocycles. The number of thioether (sulfide) groups is 1. The third kappa shape index (κ3) is 4.32. The van der Waals surface area contributed by atoms with Gasteiger partial charge in [-0.3, -0.25) is 4.99 Å². The molecule has 1 atom stereocenters. The van der Waals surface area contributed by atoms with Gasteiger partial charge in [0.1, 0.15) is 0 Å². The molecule has 0 radical (unpaired) electrons. The van der Waals surface area contributed by atoms with Crippen molar-refractivity contribution in [3.63, 3.8) is 0 Å². The second-order valence-corrected chi connectivity index (χ2v) is 7.49. The predicted molar refractivity (Wildman–Crippen MR) is 76.7 cm³/mol. The molecule has 3 nitrogen and oxygen atoms in total. The van der Waals surface area contributed by atoms with Gasteiger partial charge in [-0.05, 0) is 11.8 Å². The first-order valence-electron chi connectivity index (χ1n) is 5.85. The van der Waals surface area contributed by atoms with Gasteiger partial charge in [0, 0.05) is 10.6 Å². The Kier molecular flexibility index (Phi) is 4.09. The molecule has 1 aromatic rings. The summed E-state index contributed by atoms with van der Waals surface area (Å²) in [6.07, 6.45) is 1.21. The highest BCUT2D eigenvalue weighted by Crippen LogP contribution is 2.31. The smallest absolute Gasteiger partial charge is 0.157 e. The van der Waals surface area contributed by atoms with Crippen LogP contribution in [0.4, 0.5) is 0 Å².